The second-order valence-corrected chi connectivity index (χ2v) is 15.7. The Morgan fingerprint density at radius 2 is 0.837 bits per heavy atom. The van der Waals surface area contributed by atoms with Crippen molar-refractivity contribution in [3.8, 4) is 0 Å². The van der Waals surface area contributed by atoms with Crippen LogP contribution in [0.4, 0.5) is 0 Å². The third kappa shape index (κ3) is 43.3. The van der Waals surface area contributed by atoms with Gasteiger partial charge in [0.15, 0.2) is 0 Å². The van der Waals surface area contributed by atoms with E-state index in [-0.39, 0.29) is 6.04 Å². The van der Waals surface area contributed by atoms with Crippen molar-refractivity contribution in [1.82, 2.24) is 5.06 Å². The summed E-state index contributed by atoms with van der Waals surface area (Å²) in [7, 11) is 0. The Hall–Kier alpha value is -0.740. The van der Waals surface area contributed by atoms with Crippen LogP contribution >= 0.6 is 0 Å². The zero-order valence-electron chi connectivity index (χ0n) is 34.4. The van der Waals surface area contributed by atoms with Gasteiger partial charge >= 0.3 is 0 Å². The lowest BCUT2D eigenvalue weighted by molar-refractivity contribution is -0.124. The highest BCUT2D eigenvalue weighted by atomic mass is 16.5. The van der Waals surface area contributed by atoms with Gasteiger partial charge in [-0.25, -0.2) is 0 Å². The maximum atomic E-state index is 11.9. The highest BCUT2D eigenvalue weighted by Crippen LogP contribution is 2.19. The smallest absolute Gasteiger partial charge is 0.132 e. The van der Waals surface area contributed by atoms with Crippen LogP contribution in [0, 0.1) is 5.92 Å². The molecule has 4 nitrogen and oxygen atoms in total. The molecule has 0 aromatic rings. The number of carbonyl (C=O) groups is 2. The minimum Gasteiger partial charge on any atom is -0.314 e. The van der Waals surface area contributed by atoms with Gasteiger partial charge in [-0.05, 0) is 44.9 Å². The lowest BCUT2D eigenvalue weighted by atomic mass is 9.96. The number of ketones is 1. The minimum absolute atomic E-state index is 0.239. The van der Waals surface area contributed by atoms with Gasteiger partial charge in [0.1, 0.15) is 12.1 Å². The number of unbranched alkanes of at least 4 members (excludes halogenated alkanes) is 25. The maximum absolute atomic E-state index is 11.9. The lowest BCUT2D eigenvalue weighted by Crippen LogP contribution is -2.30. The van der Waals surface area contributed by atoms with E-state index in [4.69, 9.17) is 0 Å². The number of hydroxylamine groups is 2. The summed E-state index contributed by atoms with van der Waals surface area (Å²) in [6.07, 6.45) is 44.7. The molecule has 0 heterocycles. The van der Waals surface area contributed by atoms with Crippen molar-refractivity contribution in [2.75, 3.05) is 6.54 Å². The van der Waals surface area contributed by atoms with E-state index in [1.807, 2.05) is 0 Å². The first-order valence-corrected chi connectivity index (χ1v) is 22.3. The Kier molecular flexibility index (Phi) is 44.6. The first-order valence-electron chi connectivity index (χ1n) is 22.3. The van der Waals surface area contributed by atoms with E-state index in [0.717, 1.165) is 83.0 Å². The van der Waals surface area contributed by atoms with Crippen molar-refractivity contribution in [3.63, 3.8) is 0 Å². The van der Waals surface area contributed by atoms with Crippen LogP contribution in [0.2, 0.25) is 0 Å². The SMILES string of the molecule is CCCCCCCC(=O)CCCCCCCCCC(C)N(O)CCCCCCCC=O.CCCCCCCCC(C)CCCCCCCC. The highest BCUT2D eigenvalue weighted by Gasteiger charge is 2.10. The highest BCUT2D eigenvalue weighted by molar-refractivity contribution is 5.78. The van der Waals surface area contributed by atoms with E-state index in [9.17, 15) is 14.8 Å². The Labute approximate surface area is 309 Å². The van der Waals surface area contributed by atoms with E-state index in [0.29, 0.717) is 12.2 Å². The fourth-order valence-electron chi connectivity index (χ4n) is 6.79. The van der Waals surface area contributed by atoms with Crippen molar-refractivity contribution in [2.24, 2.45) is 5.92 Å². The van der Waals surface area contributed by atoms with Gasteiger partial charge in [0.2, 0.25) is 0 Å². The Balaban J connectivity index is 0. The summed E-state index contributed by atoms with van der Waals surface area (Å²) < 4.78 is 0. The number of hydrogen-bond acceptors (Lipinski definition) is 4. The molecular weight excluding hydrogens is 602 g/mol. The van der Waals surface area contributed by atoms with Crippen LogP contribution in [0.25, 0.3) is 0 Å². The van der Waals surface area contributed by atoms with Crippen LogP contribution in [-0.2, 0) is 9.59 Å². The normalized spacial score (nSPS) is 12.0. The summed E-state index contributed by atoms with van der Waals surface area (Å²) in [5, 5.41) is 11.7. The predicted octanol–water partition coefficient (Wildman–Crippen LogP) is 15.2. The maximum Gasteiger partial charge on any atom is 0.132 e. The van der Waals surface area contributed by atoms with E-state index in [1.54, 1.807) is 0 Å². The van der Waals surface area contributed by atoms with Gasteiger partial charge in [0.05, 0.1) is 0 Å². The molecule has 0 saturated carbocycles. The molecule has 0 aromatic heterocycles. The monoisotopic (exact) mass is 694 g/mol. The molecule has 0 radical (unpaired) electrons. The Bertz CT molecular complexity index is 623. The number of aldehydes is 1. The molecule has 0 bridgehead atoms. The van der Waals surface area contributed by atoms with Gasteiger partial charge in [0, 0.05) is 31.8 Å². The molecule has 1 unspecified atom stereocenters. The average molecular weight is 694 g/mol. The molecule has 49 heavy (non-hydrogen) atoms. The van der Waals surface area contributed by atoms with Crippen molar-refractivity contribution < 1.29 is 14.8 Å². The van der Waals surface area contributed by atoms with E-state index < -0.39 is 0 Å². The number of hydrogen-bond donors (Lipinski definition) is 1. The van der Waals surface area contributed by atoms with Crippen molar-refractivity contribution in [2.45, 2.75) is 265 Å². The van der Waals surface area contributed by atoms with Crippen LogP contribution in [0.3, 0.4) is 0 Å². The number of nitrogens with zero attached hydrogens (tertiary/aromatic N) is 1. The minimum atomic E-state index is 0.239. The quantitative estimate of drug-likeness (QED) is 0.0395. The standard InChI is InChI=1S/C27H53NO3.C18H38/c1-3-4-5-11-17-22-27(30)23-18-13-8-6-7-12-16-21-26(2)28(31)24-19-14-9-10-15-20-25-29;1-4-6-8-10-12-14-16-18(3)17-15-13-11-9-7-5-2/h25-26,31H,3-24H2,1-2H3;18H,4-17H2,1-3H3. The molecule has 0 aromatic carbocycles. The van der Waals surface area contributed by atoms with Crippen LogP contribution in [0.15, 0.2) is 0 Å². The van der Waals surface area contributed by atoms with E-state index >= 15 is 0 Å². The molecule has 1 N–H and O–H groups in total. The largest absolute Gasteiger partial charge is 0.314 e. The fourth-order valence-corrected chi connectivity index (χ4v) is 6.79. The van der Waals surface area contributed by atoms with Crippen LogP contribution in [0.5, 0.6) is 0 Å². The number of carbonyl (C=O) groups excluding carboxylic acids is 2. The summed E-state index contributed by atoms with van der Waals surface area (Å²) in [4.78, 5) is 22.1. The molecule has 0 spiro atoms. The summed E-state index contributed by atoms with van der Waals surface area (Å²) in [6, 6.07) is 0.239. The molecule has 0 aliphatic rings. The van der Waals surface area contributed by atoms with E-state index in [2.05, 4.69) is 34.6 Å². The zero-order chi connectivity index (χ0) is 36.5. The van der Waals surface area contributed by atoms with Gasteiger partial charge in [-0.1, -0.05) is 201 Å². The van der Waals surface area contributed by atoms with Crippen molar-refractivity contribution in [1.29, 1.82) is 0 Å². The lowest BCUT2D eigenvalue weighted by Gasteiger charge is -2.22. The molecule has 0 aliphatic heterocycles. The van der Waals surface area contributed by atoms with Gasteiger partial charge < -0.3 is 10.0 Å². The third-order valence-corrected chi connectivity index (χ3v) is 10.5. The molecule has 1 atom stereocenters. The van der Waals surface area contributed by atoms with Gasteiger partial charge in [-0.3, -0.25) is 4.79 Å². The van der Waals surface area contributed by atoms with E-state index in [1.165, 1.54) is 159 Å². The van der Waals surface area contributed by atoms with Crippen molar-refractivity contribution in [3.05, 3.63) is 0 Å². The summed E-state index contributed by atoms with van der Waals surface area (Å²) >= 11 is 0. The van der Waals surface area contributed by atoms with Gasteiger partial charge in [0.25, 0.3) is 0 Å². The molecular formula is C45H91NO3. The topological polar surface area (TPSA) is 57.6 Å². The predicted molar refractivity (Wildman–Crippen MR) is 217 cm³/mol. The Morgan fingerprint density at radius 3 is 1.27 bits per heavy atom. The molecule has 0 amide bonds. The van der Waals surface area contributed by atoms with Gasteiger partial charge in [-0.2, -0.15) is 5.06 Å². The molecule has 4 heteroatoms. The summed E-state index contributed by atoms with van der Waals surface area (Å²) in [5.41, 5.74) is 0. The van der Waals surface area contributed by atoms with Crippen LogP contribution in [-0.4, -0.2) is 34.9 Å². The summed E-state index contributed by atoms with van der Waals surface area (Å²) in [6.45, 7) is 12.1. The fraction of sp³-hybridized carbons (Fsp3) is 0.956. The third-order valence-electron chi connectivity index (χ3n) is 10.5. The second-order valence-electron chi connectivity index (χ2n) is 15.7. The average Bonchev–Trinajstić information content (AvgIpc) is 3.10. The van der Waals surface area contributed by atoms with Crippen LogP contribution in [0.1, 0.15) is 259 Å². The first-order chi connectivity index (χ1) is 23.9. The molecule has 0 rings (SSSR count). The zero-order valence-corrected chi connectivity index (χ0v) is 34.4. The first kappa shape index (κ1) is 50.4. The molecule has 0 saturated heterocycles. The second kappa shape index (κ2) is 43.4. The molecule has 0 fully saturated rings. The molecule has 294 valence electrons. The van der Waals surface area contributed by atoms with Gasteiger partial charge in [-0.15, -0.1) is 0 Å². The number of Topliss-reactive ketones (excluding diaryl/α,β-unsaturated/α-hetero) is 1. The number of rotatable bonds is 39. The molecule has 0 aliphatic carbocycles. The van der Waals surface area contributed by atoms with Crippen LogP contribution < -0.4 is 0 Å². The summed E-state index contributed by atoms with van der Waals surface area (Å²) in [5.74, 6) is 1.44. The Morgan fingerprint density at radius 1 is 0.490 bits per heavy atom. The van der Waals surface area contributed by atoms with Crippen molar-refractivity contribution >= 4 is 12.1 Å².